The van der Waals surface area contributed by atoms with Crippen molar-refractivity contribution in [3.63, 3.8) is 0 Å². The van der Waals surface area contributed by atoms with Crippen LogP contribution in [0.15, 0.2) is 53.8 Å². The van der Waals surface area contributed by atoms with Gasteiger partial charge in [0.05, 0.1) is 5.69 Å². The van der Waals surface area contributed by atoms with Crippen molar-refractivity contribution >= 4 is 24.2 Å². The van der Waals surface area contributed by atoms with E-state index in [0.29, 0.717) is 10.0 Å². The smallest absolute Gasteiger partial charge is 0.760 e. The number of nitrogens with one attached hydrogen (secondary N) is 1. The number of nitrogens with zero attached hydrogens (tertiary/aromatic N) is 2. The molecule has 0 fully saturated rings. The molecular formula is C14H9ClN3NaS. The molecule has 20 heavy (non-hydrogen) atoms. The van der Waals surface area contributed by atoms with E-state index in [-0.39, 0.29) is 29.6 Å². The maximum absolute atomic E-state index is 5.90. The molecule has 3 nitrogen and oxygen atoms in total. The van der Waals surface area contributed by atoms with Crippen LogP contribution in [0, 0.1) is 0 Å². The van der Waals surface area contributed by atoms with Gasteiger partial charge in [0, 0.05) is 28.5 Å². The zero-order chi connectivity index (χ0) is 13.2. The Kier molecular flexibility index (Phi) is 5.18. The van der Waals surface area contributed by atoms with Gasteiger partial charge in [-0.1, -0.05) is 28.8 Å². The Bertz CT molecular complexity index is 698. The number of halogens is 1. The summed E-state index contributed by atoms with van der Waals surface area (Å²) in [6, 6.07) is 11.4. The summed E-state index contributed by atoms with van der Waals surface area (Å²) in [6.07, 6.45) is 3.48. The number of rotatable bonds is 2. The van der Waals surface area contributed by atoms with E-state index in [2.05, 4.69) is 15.2 Å². The number of hydrogen-bond acceptors (Lipinski definition) is 3. The van der Waals surface area contributed by atoms with Crippen LogP contribution in [0.1, 0.15) is 0 Å². The van der Waals surface area contributed by atoms with Crippen LogP contribution in [0.25, 0.3) is 22.4 Å². The first-order valence-electron chi connectivity index (χ1n) is 5.67. The summed E-state index contributed by atoms with van der Waals surface area (Å²) in [7, 11) is 0. The summed E-state index contributed by atoms with van der Waals surface area (Å²) < 4.78 is 0. The Hall–Kier alpha value is -0.910. The van der Waals surface area contributed by atoms with Gasteiger partial charge in [0.2, 0.25) is 0 Å². The molecule has 0 aliphatic carbocycles. The fourth-order valence-electron chi connectivity index (χ4n) is 1.93. The maximum atomic E-state index is 5.90. The van der Waals surface area contributed by atoms with Gasteiger partial charge in [-0.05, 0) is 29.8 Å². The standard InChI is InChI=1S/C14H10ClN3S.Na/c15-11-3-1-10(2-4-11)13-12(14(19)18-17-13)9-5-7-16-8-6-9;/h1-8H,(H2,17,18,19);/q;+1/p-1. The maximum Gasteiger partial charge on any atom is 1.00 e. The number of pyridine rings is 1. The molecular weight excluding hydrogens is 301 g/mol. The second kappa shape index (κ2) is 6.70. The molecule has 0 bridgehead atoms. The molecule has 0 unspecified atom stereocenters. The van der Waals surface area contributed by atoms with E-state index < -0.39 is 0 Å². The molecule has 0 spiro atoms. The topological polar surface area (TPSA) is 41.6 Å². The predicted molar refractivity (Wildman–Crippen MR) is 77.9 cm³/mol. The van der Waals surface area contributed by atoms with E-state index in [9.17, 15) is 0 Å². The Morgan fingerprint density at radius 2 is 1.60 bits per heavy atom. The quantitative estimate of drug-likeness (QED) is 0.560. The molecule has 0 atom stereocenters. The van der Waals surface area contributed by atoms with Crippen molar-refractivity contribution in [2.75, 3.05) is 0 Å². The molecule has 3 rings (SSSR count). The van der Waals surface area contributed by atoms with Gasteiger partial charge in [-0.3, -0.25) is 4.98 Å². The minimum atomic E-state index is 0. The molecule has 1 aromatic carbocycles. The molecule has 0 radical (unpaired) electrons. The van der Waals surface area contributed by atoms with E-state index in [1.807, 2.05) is 36.4 Å². The second-order valence-electron chi connectivity index (χ2n) is 4.02. The van der Waals surface area contributed by atoms with Crippen molar-refractivity contribution in [2.24, 2.45) is 0 Å². The second-order valence-corrected chi connectivity index (χ2v) is 4.86. The van der Waals surface area contributed by atoms with Crippen LogP contribution < -0.4 is 29.6 Å². The first-order valence-corrected chi connectivity index (χ1v) is 6.46. The molecule has 6 heteroatoms. The third-order valence-corrected chi connectivity index (χ3v) is 3.37. The number of aromatic nitrogens is 3. The third-order valence-electron chi connectivity index (χ3n) is 2.82. The van der Waals surface area contributed by atoms with Crippen LogP contribution in [0.2, 0.25) is 5.02 Å². The van der Waals surface area contributed by atoms with E-state index >= 15 is 0 Å². The predicted octanol–water partition coefficient (Wildman–Crippen LogP) is 0.702. The average molecular weight is 310 g/mol. The van der Waals surface area contributed by atoms with Crippen LogP contribution in [-0.2, 0) is 12.6 Å². The van der Waals surface area contributed by atoms with Gasteiger partial charge in [0.15, 0.2) is 0 Å². The van der Waals surface area contributed by atoms with Crippen LogP contribution in [0.3, 0.4) is 0 Å². The van der Waals surface area contributed by atoms with Crippen molar-refractivity contribution in [1.29, 1.82) is 0 Å². The number of aromatic amines is 1. The summed E-state index contributed by atoms with van der Waals surface area (Å²) in [5.41, 5.74) is 3.72. The van der Waals surface area contributed by atoms with Crippen molar-refractivity contribution in [2.45, 2.75) is 5.03 Å². The zero-order valence-corrected chi connectivity index (χ0v) is 14.4. The Labute approximate surface area is 149 Å². The van der Waals surface area contributed by atoms with Crippen LogP contribution >= 0.6 is 11.6 Å². The molecule has 1 N–H and O–H groups in total. The Balaban J connectivity index is 0.00000147. The van der Waals surface area contributed by atoms with Crippen molar-refractivity contribution in [3.8, 4) is 22.4 Å². The summed E-state index contributed by atoms with van der Waals surface area (Å²) in [4.78, 5) is 4.02. The van der Waals surface area contributed by atoms with Crippen molar-refractivity contribution < 1.29 is 29.6 Å². The van der Waals surface area contributed by atoms with Crippen LogP contribution in [0.5, 0.6) is 0 Å². The Morgan fingerprint density at radius 3 is 2.25 bits per heavy atom. The van der Waals surface area contributed by atoms with Crippen LogP contribution in [-0.4, -0.2) is 15.2 Å². The van der Waals surface area contributed by atoms with E-state index in [4.69, 9.17) is 24.2 Å². The van der Waals surface area contributed by atoms with Crippen molar-refractivity contribution in [3.05, 3.63) is 53.8 Å². The van der Waals surface area contributed by atoms with Gasteiger partial charge in [0.25, 0.3) is 0 Å². The van der Waals surface area contributed by atoms with E-state index in [0.717, 1.165) is 22.4 Å². The van der Waals surface area contributed by atoms with Crippen molar-refractivity contribution in [1.82, 2.24) is 15.2 Å². The largest absolute Gasteiger partial charge is 1.00 e. The molecule has 2 aromatic heterocycles. The Morgan fingerprint density at radius 1 is 0.950 bits per heavy atom. The third kappa shape index (κ3) is 3.05. The van der Waals surface area contributed by atoms with Crippen LogP contribution in [0.4, 0.5) is 0 Å². The molecule has 94 valence electrons. The molecule has 0 amide bonds. The first-order chi connectivity index (χ1) is 9.25. The monoisotopic (exact) mass is 309 g/mol. The number of hydrogen-bond donors (Lipinski definition) is 1. The average Bonchev–Trinajstić information content (AvgIpc) is 2.82. The minimum absolute atomic E-state index is 0. The molecule has 2 heterocycles. The van der Waals surface area contributed by atoms with Gasteiger partial charge in [-0.15, -0.1) is 0 Å². The molecule has 3 aromatic rings. The minimum Gasteiger partial charge on any atom is -0.760 e. The molecule has 0 saturated carbocycles. The normalized spacial score (nSPS) is 10.1. The van der Waals surface area contributed by atoms with E-state index in [1.54, 1.807) is 12.4 Å². The van der Waals surface area contributed by atoms with Gasteiger partial charge in [0.1, 0.15) is 0 Å². The molecule has 0 aliphatic rings. The summed E-state index contributed by atoms with van der Waals surface area (Å²) in [6.45, 7) is 0. The number of H-pyrrole nitrogens is 1. The summed E-state index contributed by atoms with van der Waals surface area (Å²) in [5.74, 6) is 0. The SMILES string of the molecule is [Na+].[S-]c1[nH]nc(-c2ccc(Cl)cc2)c1-c1ccncc1. The first kappa shape index (κ1) is 15.5. The fourth-order valence-corrected chi connectivity index (χ4v) is 2.32. The van der Waals surface area contributed by atoms with Gasteiger partial charge >= 0.3 is 29.6 Å². The van der Waals surface area contributed by atoms with Gasteiger partial charge in [-0.2, -0.15) is 5.10 Å². The summed E-state index contributed by atoms with van der Waals surface area (Å²) >= 11 is 11.2. The molecule has 0 saturated heterocycles. The zero-order valence-electron chi connectivity index (χ0n) is 10.8. The summed E-state index contributed by atoms with van der Waals surface area (Å²) in [5, 5.41) is 8.48. The fraction of sp³-hybridized carbons (Fsp3) is 0. The van der Waals surface area contributed by atoms with Gasteiger partial charge < -0.3 is 17.7 Å². The molecule has 0 aliphatic heterocycles. The van der Waals surface area contributed by atoms with Gasteiger partial charge in [-0.25, -0.2) is 0 Å². The van der Waals surface area contributed by atoms with E-state index in [1.165, 1.54) is 0 Å². The number of benzene rings is 1.